The number of benzene rings is 3. The molecule has 0 atom stereocenters. The average molecular weight is 436 g/mol. The van der Waals surface area contributed by atoms with Gasteiger partial charge in [-0.15, -0.1) is 0 Å². The van der Waals surface area contributed by atoms with Gasteiger partial charge in [0.15, 0.2) is 0 Å². The van der Waals surface area contributed by atoms with Crippen molar-refractivity contribution < 1.29 is 13.2 Å². The van der Waals surface area contributed by atoms with Crippen molar-refractivity contribution in [3.8, 4) is 5.75 Å². The Labute approximate surface area is 175 Å². The SMILES string of the molecule is COc1ccccc1N(Cc1ccccc1C)S(=O)(=O)c1ccc(Cl)c(Cl)c1. The van der Waals surface area contributed by atoms with Crippen LogP contribution in [0.5, 0.6) is 5.75 Å². The highest BCUT2D eigenvalue weighted by atomic mass is 35.5. The molecular formula is C21H19Cl2NO3S. The third kappa shape index (κ3) is 4.12. The first-order valence-corrected chi connectivity index (χ1v) is 10.7. The molecule has 0 saturated carbocycles. The zero-order valence-electron chi connectivity index (χ0n) is 15.4. The Bertz CT molecular complexity index is 1100. The first kappa shape index (κ1) is 20.5. The summed E-state index contributed by atoms with van der Waals surface area (Å²) in [6.07, 6.45) is 0. The Morgan fingerprint density at radius 1 is 0.929 bits per heavy atom. The molecule has 0 aliphatic rings. The number of para-hydroxylation sites is 2. The van der Waals surface area contributed by atoms with Gasteiger partial charge in [0.1, 0.15) is 5.75 Å². The van der Waals surface area contributed by atoms with Crippen molar-refractivity contribution >= 4 is 38.9 Å². The van der Waals surface area contributed by atoms with Crippen LogP contribution >= 0.6 is 23.2 Å². The van der Waals surface area contributed by atoms with Gasteiger partial charge in [-0.05, 0) is 48.4 Å². The van der Waals surface area contributed by atoms with Gasteiger partial charge in [-0.2, -0.15) is 0 Å². The molecule has 0 unspecified atom stereocenters. The minimum Gasteiger partial charge on any atom is -0.495 e. The molecule has 28 heavy (non-hydrogen) atoms. The molecule has 0 saturated heterocycles. The lowest BCUT2D eigenvalue weighted by atomic mass is 10.1. The zero-order chi connectivity index (χ0) is 20.3. The summed E-state index contributed by atoms with van der Waals surface area (Å²) in [4.78, 5) is 0.0568. The van der Waals surface area contributed by atoms with Crippen LogP contribution in [-0.4, -0.2) is 15.5 Å². The van der Waals surface area contributed by atoms with Crippen LogP contribution < -0.4 is 9.04 Å². The van der Waals surface area contributed by atoms with Crippen molar-refractivity contribution in [1.29, 1.82) is 0 Å². The molecule has 0 aliphatic carbocycles. The van der Waals surface area contributed by atoms with Crippen molar-refractivity contribution in [1.82, 2.24) is 0 Å². The maximum atomic E-state index is 13.5. The van der Waals surface area contributed by atoms with E-state index in [9.17, 15) is 8.42 Å². The summed E-state index contributed by atoms with van der Waals surface area (Å²) in [7, 11) is -2.42. The number of methoxy groups -OCH3 is 1. The highest BCUT2D eigenvalue weighted by Crippen LogP contribution is 2.35. The number of hydrogen-bond donors (Lipinski definition) is 0. The predicted octanol–water partition coefficient (Wildman–Crippen LogP) is 5.71. The van der Waals surface area contributed by atoms with Gasteiger partial charge in [-0.25, -0.2) is 8.42 Å². The Kier molecular flexibility index (Phi) is 6.18. The molecule has 0 N–H and O–H groups in total. The summed E-state index contributed by atoms with van der Waals surface area (Å²) >= 11 is 12.0. The molecule has 4 nitrogen and oxygen atoms in total. The molecule has 0 aliphatic heterocycles. The summed E-state index contributed by atoms with van der Waals surface area (Å²) in [6, 6.07) is 18.9. The molecule has 146 valence electrons. The Morgan fingerprint density at radius 3 is 2.29 bits per heavy atom. The lowest BCUT2D eigenvalue weighted by Crippen LogP contribution is -2.31. The van der Waals surface area contributed by atoms with E-state index in [0.29, 0.717) is 16.5 Å². The van der Waals surface area contributed by atoms with Crippen LogP contribution in [0.2, 0.25) is 10.0 Å². The van der Waals surface area contributed by atoms with E-state index in [4.69, 9.17) is 27.9 Å². The fraction of sp³-hybridized carbons (Fsp3) is 0.143. The highest BCUT2D eigenvalue weighted by molar-refractivity contribution is 7.92. The van der Waals surface area contributed by atoms with Crippen LogP contribution in [0.15, 0.2) is 71.6 Å². The van der Waals surface area contributed by atoms with Crippen LogP contribution in [0.4, 0.5) is 5.69 Å². The molecule has 0 amide bonds. The quantitative estimate of drug-likeness (QED) is 0.498. The first-order chi connectivity index (χ1) is 13.3. The summed E-state index contributed by atoms with van der Waals surface area (Å²) in [5.41, 5.74) is 2.32. The van der Waals surface area contributed by atoms with Crippen molar-refractivity contribution in [3.05, 3.63) is 87.9 Å². The fourth-order valence-electron chi connectivity index (χ4n) is 2.84. The molecule has 0 fully saturated rings. The summed E-state index contributed by atoms with van der Waals surface area (Å²) < 4.78 is 33.8. The lowest BCUT2D eigenvalue weighted by molar-refractivity contribution is 0.415. The van der Waals surface area contributed by atoms with Crippen LogP contribution in [0.25, 0.3) is 0 Å². The Hall–Kier alpha value is -2.21. The second-order valence-electron chi connectivity index (χ2n) is 6.19. The Morgan fingerprint density at radius 2 is 1.61 bits per heavy atom. The van der Waals surface area contributed by atoms with Gasteiger partial charge in [0.25, 0.3) is 10.0 Å². The van der Waals surface area contributed by atoms with Crippen molar-refractivity contribution in [2.24, 2.45) is 0 Å². The van der Waals surface area contributed by atoms with E-state index in [1.807, 2.05) is 31.2 Å². The van der Waals surface area contributed by atoms with Gasteiger partial charge in [0.2, 0.25) is 0 Å². The fourth-order valence-corrected chi connectivity index (χ4v) is 4.69. The van der Waals surface area contributed by atoms with Gasteiger partial charge < -0.3 is 4.74 Å². The van der Waals surface area contributed by atoms with Crippen molar-refractivity contribution in [2.45, 2.75) is 18.4 Å². The number of rotatable bonds is 6. The molecule has 0 bridgehead atoms. The molecule has 0 radical (unpaired) electrons. The number of halogens is 2. The molecule has 3 aromatic carbocycles. The topological polar surface area (TPSA) is 46.6 Å². The zero-order valence-corrected chi connectivity index (χ0v) is 17.7. The monoisotopic (exact) mass is 435 g/mol. The molecule has 3 rings (SSSR count). The third-order valence-corrected chi connectivity index (χ3v) is 6.90. The smallest absolute Gasteiger partial charge is 0.264 e. The molecule has 0 aromatic heterocycles. The van der Waals surface area contributed by atoms with Crippen LogP contribution in [0.3, 0.4) is 0 Å². The standard InChI is InChI=1S/C21H19Cl2NO3S/c1-15-7-3-4-8-16(15)14-24(20-9-5-6-10-21(20)27-2)28(25,26)17-11-12-18(22)19(23)13-17/h3-13H,14H2,1-2H3. The van der Waals surface area contributed by atoms with E-state index in [2.05, 4.69) is 0 Å². The van der Waals surface area contributed by atoms with E-state index in [0.717, 1.165) is 11.1 Å². The molecule has 7 heteroatoms. The summed E-state index contributed by atoms with van der Waals surface area (Å²) in [5.74, 6) is 0.458. The predicted molar refractivity (Wildman–Crippen MR) is 114 cm³/mol. The second-order valence-corrected chi connectivity index (χ2v) is 8.86. The van der Waals surface area contributed by atoms with E-state index < -0.39 is 10.0 Å². The van der Waals surface area contributed by atoms with E-state index in [-0.39, 0.29) is 16.5 Å². The Balaban J connectivity index is 2.17. The largest absolute Gasteiger partial charge is 0.495 e. The molecule has 3 aromatic rings. The first-order valence-electron chi connectivity index (χ1n) is 8.50. The summed E-state index contributed by atoms with van der Waals surface area (Å²) in [6.45, 7) is 2.09. The van der Waals surface area contributed by atoms with Gasteiger partial charge in [0.05, 0.1) is 34.3 Å². The van der Waals surface area contributed by atoms with Crippen LogP contribution in [-0.2, 0) is 16.6 Å². The van der Waals surface area contributed by atoms with E-state index in [1.54, 1.807) is 24.3 Å². The third-order valence-electron chi connectivity index (χ3n) is 4.41. The van der Waals surface area contributed by atoms with E-state index in [1.165, 1.54) is 29.6 Å². The maximum absolute atomic E-state index is 13.5. The van der Waals surface area contributed by atoms with Gasteiger partial charge in [-0.3, -0.25) is 4.31 Å². The van der Waals surface area contributed by atoms with Crippen molar-refractivity contribution in [2.75, 3.05) is 11.4 Å². The number of hydrogen-bond acceptors (Lipinski definition) is 3. The lowest BCUT2D eigenvalue weighted by Gasteiger charge is -2.27. The normalized spacial score (nSPS) is 11.3. The van der Waals surface area contributed by atoms with Gasteiger partial charge in [0, 0.05) is 0 Å². The maximum Gasteiger partial charge on any atom is 0.264 e. The number of sulfonamides is 1. The summed E-state index contributed by atoms with van der Waals surface area (Å²) in [5, 5.41) is 0.474. The minimum absolute atomic E-state index is 0.0568. The van der Waals surface area contributed by atoms with Gasteiger partial charge in [-0.1, -0.05) is 59.6 Å². The molecular weight excluding hydrogens is 417 g/mol. The average Bonchev–Trinajstić information content (AvgIpc) is 2.69. The van der Waals surface area contributed by atoms with Crippen molar-refractivity contribution in [3.63, 3.8) is 0 Å². The van der Waals surface area contributed by atoms with Crippen LogP contribution in [0, 0.1) is 6.92 Å². The van der Waals surface area contributed by atoms with Gasteiger partial charge >= 0.3 is 0 Å². The number of ether oxygens (including phenoxy) is 1. The second kappa shape index (κ2) is 8.43. The minimum atomic E-state index is -3.93. The number of nitrogens with zero attached hydrogens (tertiary/aromatic N) is 1. The molecule has 0 heterocycles. The van der Waals surface area contributed by atoms with Crippen LogP contribution in [0.1, 0.15) is 11.1 Å². The number of aryl methyl sites for hydroxylation is 1. The number of anilines is 1. The molecule has 0 spiro atoms. The highest BCUT2D eigenvalue weighted by Gasteiger charge is 2.28. The van der Waals surface area contributed by atoms with E-state index >= 15 is 0 Å².